The second-order valence-electron chi connectivity index (χ2n) is 4.59. The minimum Gasteiger partial charge on any atom is -0.481 e. The summed E-state index contributed by atoms with van der Waals surface area (Å²) in [6.07, 6.45) is 6.38. The highest BCUT2D eigenvalue weighted by Gasteiger charge is 2.20. The van der Waals surface area contributed by atoms with Crippen LogP contribution in [0.2, 0.25) is 0 Å². The van der Waals surface area contributed by atoms with Crippen molar-refractivity contribution in [2.24, 2.45) is 5.92 Å². The van der Waals surface area contributed by atoms with Gasteiger partial charge in [-0.2, -0.15) is 0 Å². The van der Waals surface area contributed by atoms with Crippen molar-refractivity contribution in [3.63, 3.8) is 0 Å². The van der Waals surface area contributed by atoms with Gasteiger partial charge in [0.05, 0.1) is 0 Å². The molecule has 1 fully saturated rings. The molecule has 1 aliphatic rings. The highest BCUT2D eigenvalue weighted by atomic mass is 35.5. The summed E-state index contributed by atoms with van der Waals surface area (Å²) in [7, 11) is 0. The third kappa shape index (κ3) is 6.33. The Morgan fingerprint density at radius 2 is 1.94 bits per heavy atom. The summed E-state index contributed by atoms with van der Waals surface area (Å²) in [4.78, 5) is 13.0. The van der Waals surface area contributed by atoms with Gasteiger partial charge in [0.2, 0.25) is 0 Å². The Morgan fingerprint density at radius 1 is 1.31 bits per heavy atom. The molecule has 0 bridgehead atoms. The molecule has 0 radical (unpaired) electrons. The summed E-state index contributed by atoms with van der Waals surface area (Å²) in [5.74, 6) is -0.218. The fraction of sp³-hybridized carbons (Fsp3) is 0.917. The van der Waals surface area contributed by atoms with Gasteiger partial charge in [0, 0.05) is 6.42 Å². The number of carboxylic acids is 1. The monoisotopic (exact) mass is 249 g/mol. The van der Waals surface area contributed by atoms with Gasteiger partial charge in [-0.05, 0) is 44.8 Å². The number of nitrogens with zero attached hydrogens (tertiary/aromatic N) is 1. The van der Waals surface area contributed by atoms with Gasteiger partial charge in [-0.25, -0.2) is 0 Å². The number of carbonyl (C=O) groups is 1. The van der Waals surface area contributed by atoms with E-state index in [1.807, 2.05) is 0 Å². The minimum atomic E-state index is -0.639. The van der Waals surface area contributed by atoms with Gasteiger partial charge in [-0.15, -0.1) is 12.4 Å². The summed E-state index contributed by atoms with van der Waals surface area (Å²) in [6, 6.07) is 0. The van der Waals surface area contributed by atoms with Crippen molar-refractivity contribution in [1.29, 1.82) is 0 Å². The third-order valence-electron chi connectivity index (χ3n) is 3.25. The highest BCUT2D eigenvalue weighted by molar-refractivity contribution is 5.85. The minimum absolute atomic E-state index is 0. The fourth-order valence-corrected chi connectivity index (χ4v) is 2.25. The second kappa shape index (κ2) is 8.82. The molecule has 1 aliphatic heterocycles. The second-order valence-corrected chi connectivity index (χ2v) is 4.59. The molecule has 0 saturated carbocycles. The van der Waals surface area contributed by atoms with E-state index in [1.54, 1.807) is 0 Å². The van der Waals surface area contributed by atoms with Crippen LogP contribution in [0.1, 0.15) is 45.4 Å². The van der Waals surface area contributed by atoms with E-state index < -0.39 is 5.97 Å². The number of halogens is 1. The SMILES string of the molecule is CCCCCN1CCC(CC(=O)O)CC1.Cl. The lowest BCUT2D eigenvalue weighted by atomic mass is 9.93. The van der Waals surface area contributed by atoms with E-state index in [-0.39, 0.29) is 12.4 Å². The zero-order valence-electron chi connectivity index (χ0n) is 10.2. The fourth-order valence-electron chi connectivity index (χ4n) is 2.25. The lowest BCUT2D eigenvalue weighted by Gasteiger charge is -2.31. The maximum absolute atomic E-state index is 10.5. The number of carboxylic acid groups (broad SMARTS) is 1. The zero-order chi connectivity index (χ0) is 11.1. The Hall–Kier alpha value is -0.280. The molecule has 16 heavy (non-hydrogen) atoms. The van der Waals surface area contributed by atoms with Crippen molar-refractivity contribution in [3.8, 4) is 0 Å². The van der Waals surface area contributed by atoms with E-state index in [9.17, 15) is 4.79 Å². The van der Waals surface area contributed by atoms with Crippen LogP contribution in [0.25, 0.3) is 0 Å². The van der Waals surface area contributed by atoms with E-state index in [4.69, 9.17) is 5.11 Å². The molecule has 0 spiro atoms. The summed E-state index contributed by atoms with van der Waals surface area (Å²) >= 11 is 0. The largest absolute Gasteiger partial charge is 0.481 e. The number of aliphatic carboxylic acids is 1. The van der Waals surface area contributed by atoms with Gasteiger partial charge >= 0.3 is 5.97 Å². The van der Waals surface area contributed by atoms with Crippen LogP contribution in [-0.2, 0) is 4.79 Å². The molecule has 0 aromatic heterocycles. The average molecular weight is 250 g/mol. The molecule has 0 unspecified atom stereocenters. The third-order valence-corrected chi connectivity index (χ3v) is 3.25. The summed E-state index contributed by atoms with van der Waals surface area (Å²) < 4.78 is 0. The zero-order valence-corrected chi connectivity index (χ0v) is 11.0. The smallest absolute Gasteiger partial charge is 0.303 e. The molecule has 96 valence electrons. The molecule has 4 heteroatoms. The molecular weight excluding hydrogens is 226 g/mol. The van der Waals surface area contributed by atoms with Crippen LogP contribution in [0.4, 0.5) is 0 Å². The molecular formula is C12H24ClNO2. The maximum Gasteiger partial charge on any atom is 0.303 e. The molecule has 1 saturated heterocycles. The van der Waals surface area contributed by atoms with Crippen LogP contribution in [0.15, 0.2) is 0 Å². The number of unbranched alkanes of at least 4 members (excludes halogenated alkanes) is 2. The van der Waals surface area contributed by atoms with Crippen LogP contribution >= 0.6 is 12.4 Å². The predicted octanol–water partition coefficient (Wildman–Crippen LogP) is 2.79. The Labute approximate surface area is 105 Å². The molecule has 1 N–H and O–H groups in total. The first-order chi connectivity index (χ1) is 7.22. The van der Waals surface area contributed by atoms with Crippen molar-refractivity contribution in [2.45, 2.75) is 45.4 Å². The van der Waals surface area contributed by atoms with E-state index in [0.29, 0.717) is 12.3 Å². The van der Waals surface area contributed by atoms with E-state index >= 15 is 0 Å². The lowest BCUT2D eigenvalue weighted by molar-refractivity contribution is -0.138. The van der Waals surface area contributed by atoms with Crippen LogP contribution in [-0.4, -0.2) is 35.6 Å². The Bertz CT molecular complexity index is 191. The molecule has 0 aromatic rings. The van der Waals surface area contributed by atoms with Crippen molar-refractivity contribution < 1.29 is 9.90 Å². The molecule has 0 atom stereocenters. The van der Waals surface area contributed by atoms with Crippen molar-refractivity contribution >= 4 is 18.4 Å². The van der Waals surface area contributed by atoms with E-state index in [1.165, 1.54) is 25.8 Å². The summed E-state index contributed by atoms with van der Waals surface area (Å²) in [5, 5.41) is 8.69. The van der Waals surface area contributed by atoms with Gasteiger partial charge in [-0.1, -0.05) is 19.8 Å². The topological polar surface area (TPSA) is 40.5 Å². The first-order valence-corrected chi connectivity index (χ1v) is 6.16. The Morgan fingerprint density at radius 3 is 2.44 bits per heavy atom. The van der Waals surface area contributed by atoms with Crippen LogP contribution in [0, 0.1) is 5.92 Å². The standard InChI is InChI=1S/C12H23NO2.ClH/c1-2-3-4-7-13-8-5-11(6-9-13)10-12(14)15;/h11H,2-10H2,1H3,(H,14,15);1H. The molecule has 1 heterocycles. The van der Waals surface area contributed by atoms with Crippen LogP contribution in [0.5, 0.6) is 0 Å². The Kier molecular flexibility index (Phi) is 8.67. The van der Waals surface area contributed by atoms with Gasteiger partial charge in [0.15, 0.2) is 0 Å². The molecule has 0 aliphatic carbocycles. The number of rotatable bonds is 6. The number of likely N-dealkylation sites (tertiary alicyclic amines) is 1. The number of hydrogen-bond donors (Lipinski definition) is 1. The normalized spacial score (nSPS) is 18.1. The van der Waals surface area contributed by atoms with Crippen LogP contribution < -0.4 is 0 Å². The lowest BCUT2D eigenvalue weighted by Crippen LogP contribution is -2.35. The van der Waals surface area contributed by atoms with E-state index in [2.05, 4.69) is 11.8 Å². The van der Waals surface area contributed by atoms with Crippen molar-refractivity contribution in [2.75, 3.05) is 19.6 Å². The molecule has 0 aromatic carbocycles. The molecule has 0 amide bonds. The quantitative estimate of drug-likeness (QED) is 0.736. The first-order valence-electron chi connectivity index (χ1n) is 6.16. The van der Waals surface area contributed by atoms with Gasteiger partial charge in [-0.3, -0.25) is 4.79 Å². The molecule has 3 nitrogen and oxygen atoms in total. The van der Waals surface area contributed by atoms with Gasteiger partial charge < -0.3 is 10.0 Å². The highest BCUT2D eigenvalue weighted by Crippen LogP contribution is 2.20. The van der Waals surface area contributed by atoms with Crippen LogP contribution in [0.3, 0.4) is 0 Å². The van der Waals surface area contributed by atoms with Crippen molar-refractivity contribution in [3.05, 3.63) is 0 Å². The summed E-state index contributed by atoms with van der Waals surface area (Å²) in [5.41, 5.74) is 0. The number of piperidine rings is 1. The van der Waals surface area contributed by atoms with Crippen molar-refractivity contribution in [1.82, 2.24) is 4.90 Å². The van der Waals surface area contributed by atoms with E-state index in [0.717, 1.165) is 25.9 Å². The Balaban J connectivity index is 0.00000225. The van der Waals surface area contributed by atoms with Gasteiger partial charge in [0.1, 0.15) is 0 Å². The first kappa shape index (κ1) is 15.7. The predicted molar refractivity (Wildman–Crippen MR) is 68.2 cm³/mol. The molecule has 1 rings (SSSR count). The van der Waals surface area contributed by atoms with Gasteiger partial charge in [0.25, 0.3) is 0 Å². The summed E-state index contributed by atoms with van der Waals surface area (Å²) in [6.45, 7) is 5.62. The average Bonchev–Trinajstić information content (AvgIpc) is 2.20. The maximum atomic E-state index is 10.5. The number of hydrogen-bond acceptors (Lipinski definition) is 2.